The summed E-state index contributed by atoms with van der Waals surface area (Å²) in [6.45, 7) is 5.25. The van der Waals surface area contributed by atoms with Crippen molar-refractivity contribution in [3.8, 4) is 5.69 Å². The number of anilines is 1. The molecular formula is C23H19F2N3O3. The molecule has 0 aliphatic heterocycles. The fraction of sp³-hybridized carbons (Fsp3) is 0.174. The fourth-order valence-corrected chi connectivity index (χ4v) is 3.59. The number of carbonyl (C=O) groups is 1. The van der Waals surface area contributed by atoms with Gasteiger partial charge in [-0.3, -0.25) is 4.79 Å². The quantitative estimate of drug-likeness (QED) is 0.495. The van der Waals surface area contributed by atoms with Crippen molar-refractivity contribution < 1.29 is 18.0 Å². The van der Waals surface area contributed by atoms with E-state index in [4.69, 9.17) is 4.42 Å². The average Bonchev–Trinajstić information content (AvgIpc) is 2.95. The van der Waals surface area contributed by atoms with Gasteiger partial charge in [0.1, 0.15) is 17.1 Å². The van der Waals surface area contributed by atoms with Crippen LogP contribution < -0.4 is 10.9 Å². The molecular weight excluding hydrogens is 404 g/mol. The van der Waals surface area contributed by atoms with Gasteiger partial charge in [0.2, 0.25) is 5.91 Å². The van der Waals surface area contributed by atoms with Crippen molar-refractivity contribution in [2.75, 3.05) is 5.32 Å². The van der Waals surface area contributed by atoms with Crippen LogP contribution in [-0.4, -0.2) is 15.7 Å². The van der Waals surface area contributed by atoms with Gasteiger partial charge in [-0.25, -0.2) is 18.3 Å². The molecule has 0 atom stereocenters. The van der Waals surface area contributed by atoms with Crippen molar-refractivity contribution in [1.29, 1.82) is 0 Å². The summed E-state index contributed by atoms with van der Waals surface area (Å²) in [5.41, 5.74) is 3.09. The van der Waals surface area contributed by atoms with E-state index in [1.54, 1.807) is 32.0 Å². The first-order valence-corrected chi connectivity index (χ1v) is 9.58. The number of hydrogen-bond acceptors (Lipinski definition) is 4. The van der Waals surface area contributed by atoms with E-state index in [0.717, 1.165) is 23.1 Å². The molecule has 0 unspecified atom stereocenters. The van der Waals surface area contributed by atoms with Gasteiger partial charge >= 0.3 is 5.63 Å². The zero-order chi connectivity index (χ0) is 22.3. The Morgan fingerprint density at radius 1 is 1.10 bits per heavy atom. The van der Waals surface area contributed by atoms with E-state index in [9.17, 15) is 18.4 Å². The largest absolute Gasteiger partial charge is 0.423 e. The molecule has 6 nitrogen and oxygen atoms in total. The second kappa shape index (κ2) is 7.79. The molecule has 31 heavy (non-hydrogen) atoms. The lowest BCUT2D eigenvalue weighted by Gasteiger charge is -2.08. The van der Waals surface area contributed by atoms with Gasteiger partial charge in [0, 0.05) is 40.5 Å². The third-order valence-electron chi connectivity index (χ3n) is 5.15. The van der Waals surface area contributed by atoms with Gasteiger partial charge in [-0.2, -0.15) is 5.10 Å². The summed E-state index contributed by atoms with van der Waals surface area (Å²) in [4.78, 5) is 24.3. The predicted molar refractivity (Wildman–Crippen MR) is 113 cm³/mol. The number of benzene rings is 2. The molecule has 0 aliphatic carbocycles. The maximum Gasteiger partial charge on any atom is 0.336 e. The normalized spacial score (nSPS) is 11.1. The maximum atomic E-state index is 14.2. The first kappa shape index (κ1) is 20.5. The van der Waals surface area contributed by atoms with E-state index >= 15 is 0 Å². The third-order valence-corrected chi connectivity index (χ3v) is 5.15. The van der Waals surface area contributed by atoms with E-state index < -0.39 is 17.3 Å². The molecule has 158 valence electrons. The van der Waals surface area contributed by atoms with Crippen LogP contribution in [-0.2, 0) is 11.2 Å². The monoisotopic (exact) mass is 423 g/mol. The average molecular weight is 423 g/mol. The minimum atomic E-state index is -0.741. The minimum Gasteiger partial charge on any atom is -0.423 e. The molecule has 0 spiro atoms. The van der Waals surface area contributed by atoms with E-state index in [2.05, 4.69) is 10.4 Å². The molecule has 0 aliphatic rings. The Labute approximate surface area is 176 Å². The highest BCUT2D eigenvalue weighted by atomic mass is 19.1. The molecule has 0 saturated carbocycles. The first-order chi connectivity index (χ1) is 14.7. The Hall–Kier alpha value is -3.81. The van der Waals surface area contributed by atoms with E-state index in [0.29, 0.717) is 28.2 Å². The fourth-order valence-electron chi connectivity index (χ4n) is 3.59. The Morgan fingerprint density at radius 2 is 1.87 bits per heavy atom. The number of hydrogen-bond donors (Lipinski definition) is 1. The number of fused-ring (bicyclic) bond motifs is 1. The zero-order valence-corrected chi connectivity index (χ0v) is 17.1. The molecule has 2 aromatic carbocycles. The predicted octanol–water partition coefficient (Wildman–Crippen LogP) is 4.36. The topological polar surface area (TPSA) is 77.1 Å². The van der Waals surface area contributed by atoms with Crippen LogP contribution in [0, 0.1) is 32.4 Å². The van der Waals surface area contributed by atoms with Crippen molar-refractivity contribution in [1.82, 2.24) is 9.78 Å². The van der Waals surface area contributed by atoms with Crippen LogP contribution in [0.4, 0.5) is 14.5 Å². The molecule has 8 heteroatoms. The molecule has 1 amide bonds. The number of rotatable bonds is 4. The minimum absolute atomic E-state index is 0.0102. The number of nitrogens with one attached hydrogen (secondary N) is 1. The van der Waals surface area contributed by atoms with Gasteiger partial charge in [-0.05, 0) is 50.6 Å². The van der Waals surface area contributed by atoms with Crippen LogP contribution in [0.15, 0.2) is 51.7 Å². The molecule has 4 rings (SSSR count). The van der Waals surface area contributed by atoms with Gasteiger partial charge in [-0.15, -0.1) is 0 Å². The smallest absolute Gasteiger partial charge is 0.336 e. The Kier molecular flexibility index (Phi) is 5.14. The number of carbonyl (C=O) groups excluding carboxylic acids is 1. The van der Waals surface area contributed by atoms with Crippen LogP contribution >= 0.6 is 0 Å². The van der Waals surface area contributed by atoms with E-state index in [1.807, 2.05) is 6.92 Å². The Balaban J connectivity index is 1.59. The van der Waals surface area contributed by atoms with Crippen LogP contribution in [0.2, 0.25) is 0 Å². The summed E-state index contributed by atoms with van der Waals surface area (Å²) in [7, 11) is 0. The van der Waals surface area contributed by atoms with Crippen LogP contribution in [0.5, 0.6) is 0 Å². The zero-order valence-electron chi connectivity index (χ0n) is 17.1. The highest BCUT2D eigenvalue weighted by Gasteiger charge is 2.18. The number of aromatic nitrogens is 2. The molecule has 0 radical (unpaired) electrons. The lowest BCUT2D eigenvalue weighted by atomic mass is 10.1. The summed E-state index contributed by atoms with van der Waals surface area (Å²) in [6.07, 6.45) is 0.0102. The van der Waals surface area contributed by atoms with Gasteiger partial charge in [-0.1, -0.05) is 0 Å². The standard InChI is InChI=1S/C23H19F2N3O3/c1-12-8-23(30)31-21-10-16(5-6-17(12)21)26-22(29)11-18-13(2)27-28(14(18)3)20-7-4-15(24)9-19(20)25/h4-10H,11H2,1-3H3,(H,26,29). The molecule has 0 fully saturated rings. The Morgan fingerprint density at radius 3 is 2.61 bits per heavy atom. The second-order valence-corrected chi connectivity index (χ2v) is 7.34. The highest BCUT2D eigenvalue weighted by molar-refractivity contribution is 5.95. The number of nitrogens with zero attached hydrogens (tertiary/aromatic N) is 2. The van der Waals surface area contributed by atoms with Crippen molar-refractivity contribution in [2.24, 2.45) is 0 Å². The van der Waals surface area contributed by atoms with Gasteiger partial charge in [0.15, 0.2) is 5.82 Å². The maximum absolute atomic E-state index is 14.2. The highest BCUT2D eigenvalue weighted by Crippen LogP contribution is 2.23. The number of amides is 1. The van der Waals surface area contributed by atoms with Gasteiger partial charge in [0.25, 0.3) is 0 Å². The molecule has 0 bridgehead atoms. The summed E-state index contributed by atoms with van der Waals surface area (Å²) >= 11 is 0. The second-order valence-electron chi connectivity index (χ2n) is 7.34. The number of halogens is 2. The summed E-state index contributed by atoms with van der Waals surface area (Å²) in [5, 5.41) is 7.88. The lowest BCUT2D eigenvalue weighted by molar-refractivity contribution is -0.115. The Bertz CT molecular complexity index is 1390. The molecule has 0 saturated heterocycles. The first-order valence-electron chi connectivity index (χ1n) is 9.58. The SMILES string of the molecule is Cc1nn(-c2ccc(F)cc2F)c(C)c1CC(=O)Nc1ccc2c(C)cc(=O)oc2c1. The number of aryl methyl sites for hydroxylation is 2. The molecule has 2 heterocycles. The van der Waals surface area contributed by atoms with Crippen LogP contribution in [0.1, 0.15) is 22.5 Å². The van der Waals surface area contributed by atoms with Gasteiger partial charge in [0.05, 0.1) is 12.1 Å². The van der Waals surface area contributed by atoms with Crippen molar-refractivity contribution >= 4 is 22.6 Å². The molecule has 1 N–H and O–H groups in total. The van der Waals surface area contributed by atoms with Crippen LogP contribution in [0.3, 0.4) is 0 Å². The van der Waals surface area contributed by atoms with E-state index in [1.165, 1.54) is 16.8 Å². The summed E-state index contributed by atoms with van der Waals surface area (Å²) < 4.78 is 34.0. The van der Waals surface area contributed by atoms with Crippen LogP contribution in [0.25, 0.3) is 16.7 Å². The summed E-state index contributed by atoms with van der Waals surface area (Å²) in [6, 6.07) is 9.75. The van der Waals surface area contributed by atoms with Crippen molar-refractivity contribution in [2.45, 2.75) is 27.2 Å². The lowest BCUT2D eigenvalue weighted by Crippen LogP contribution is -2.15. The van der Waals surface area contributed by atoms with Gasteiger partial charge < -0.3 is 9.73 Å². The van der Waals surface area contributed by atoms with Crippen molar-refractivity contribution in [3.05, 3.63) is 87.0 Å². The van der Waals surface area contributed by atoms with E-state index in [-0.39, 0.29) is 18.0 Å². The molecule has 2 aromatic heterocycles. The summed E-state index contributed by atoms with van der Waals surface area (Å²) in [5.74, 6) is -1.72. The third kappa shape index (κ3) is 3.96. The van der Waals surface area contributed by atoms with Crippen molar-refractivity contribution in [3.63, 3.8) is 0 Å². The molecule has 4 aromatic rings.